The number of nitrogen functional groups attached to an aromatic ring is 1. The molecule has 3 rings (SSSR count). The van der Waals surface area contributed by atoms with Crippen molar-refractivity contribution >= 4 is 17.4 Å². The minimum absolute atomic E-state index is 0.0306. The summed E-state index contributed by atoms with van der Waals surface area (Å²) in [7, 11) is 0. The number of rotatable bonds is 8. The van der Waals surface area contributed by atoms with E-state index in [1.165, 1.54) is 0 Å². The van der Waals surface area contributed by atoms with Crippen LogP contribution in [0.1, 0.15) is 28.5 Å². The number of aliphatic hydroxyl groups excluding tert-OH is 1. The molecule has 0 bridgehead atoms. The van der Waals surface area contributed by atoms with Gasteiger partial charge in [0.25, 0.3) is 5.91 Å². The van der Waals surface area contributed by atoms with Crippen LogP contribution >= 0.6 is 0 Å². The number of carbonyl (C=O) groups excluding carboxylic acids is 1. The van der Waals surface area contributed by atoms with E-state index in [2.05, 4.69) is 25.8 Å². The Morgan fingerprint density at radius 2 is 1.97 bits per heavy atom. The van der Waals surface area contributed by atoms with Crippen LogP contribution in [0.4, 0.5) is 5.82 Å². The number of hydrogen-bond donors (Lipinski definition) is 4. The fourth-order valence-electron chi connectivity index (χ4n) is 2.78. The van der Waals surface area contributed by atoms with Crippen molar-refractivity contribution in [2.75, 3.05) is 18.9 Å². The third-order valence-corrected chi connectivity index (χ3v) is 4.33. The highest BCUT2D eigenvalue weighted by atomic mass is 16.3. The molecule has 2 aromatic carbocycles. The van der Waals surface area contributed by atoms with E-state index >= 15 is 0 Å². The Bertz CT molecular complexity index is 1040. The minimum atomic E-state index is -0.171. The van der Waals surface area contributed by atoms with Gasteiger partial charge in [0.2, 0.25) is 0 Å². The Morgan fingerprint density at radius 1 is 1.17 bits per heavy atom. The summed E-state index contributed by atoms with van der Waals surface area (Å²) in [6.07, 6.45) is 1.56. The van der Waals surface area contributed by atoms with Crippen LogP contribution in [0.15, 0.2) is 65.9 Å². The molecule has 3 aromatic rings. The Morgan fingerprint density at radius 3 is 2.73 bits per heavy atom. The van der Waals surface area contributed by atoms with E-state index in [-0.39, 0.29) is 18.3 Å². The van der Waals surface area contributed by atoms with Crippen LogP contribution in [-0.4, -0.2) is 39.8 Å². The second-order valence-electron chi connectivity index (χ2n) is 6.57. The smallest absolute Gasteiger partial charge is 0.251 e. The molecule has 0 fully saturated rings. The molecule has 0 saturated carbocycles. The fraction of sp³-hybridized carbons (Fsp3) is 0.182. The molecule has 0 aliphatic heterocycles. The summed E-state index contributed by atoms with van der Waals surface area (Å²) in [6.45, 7) is 2.50. The van der Waals surface area contributed by atoms with Crippen molar-refractivity contribution in [1.82, 2.24) is 20.7 Å². The number of aliphatic hydroxyl groups is 1. The lowest BCUT2D eigenvalue weighted by molar-refractivity contribution is 0.0951. The van der Waals surface area contributed by atoms with Crippen LogP contribution in [0.2, 0.25) is 0 Å². The van der Waals surface area contributed by atoms with Gasteiger partial charge < -0.3 is 21.6 Å². The number of amides is 1. The van der Waals surface area contributed by atoms with Crippen LogP contribution < -0.4 is 16.5 Å². The molecule has 0 unspecified atom stereocenters. The number of benzene rings is 2. The van der Waals surface area contributed by atoms with Gasteiger partial charge in [-0.3, -0.25) is 4.79 Å². The van der Waals surface area contributed by atoms with Gasteiger partial charge in [-0.15, -0.1) is 0 Å². The third-order valence-electron chi connectivity index (χ3n) is 4.33. The summed E-state index contributed by atoms with van der Waals surface area (Å²) in [5.74, 6) is 0.0813. The highest BCUT2D eigenvalue weighted by Gasteiger charge is 2.12. The molecule has 8 nitrogen and oxygen atoms in total. The number of hydrogen-bond acceptors (Lipinski definition) is 7. The maximum atomic E-state index is 12.6. The van der Waals surface area contributed by atoms with Gasteiger partial charge in [0.15, 0.2) is 5.82 Å². The van der Waals surface area contributed by atoms with Crippen molar-refractivity contribution in [2.45, 2.75) is 13.5 Å². The van der Waals surface area contributed by atoms with Crippen LogP contribution in [0.5, 0.6) is 0 Å². The Kier molecular flexibility index (Phi) is 7.07. The van der Waals surface area contributed by atoms with E-state index < -0.39 is 0 Å². The van der Waals surface area contributed by atoms with E-state index in [0.717, 1.165) is 11.1 Å². The molecule has 0 aliphatic rings. The first-order valence-electron chi connectivity index (χ1n) is 9.52. The maximum absolute atomic E-state index is 12.6. The van der Waals surface area contributed by atoms with Gasteiger partial charge in [-0.1, -0.05) is 42.5 Å². The maximum Gasteiger partial charge on any atom is 0.251 e. The molecule has 1 heterocycles. The largest absolute Gasteiger partial charge is 0.394 e. The number of carbonyl (C=O) groups is 1. The summed E-state index contributed by atoms with van der Waals surface area (Å²) >= 11 is 0. The van der Waals surface area contributed by atoms with Crippen LogP contribution in [-0.2, 0) is 6.54 Å². The summed E-state index contributed by atoms with van der Waals surface area (Å²) < 4.78 is 0. The molecule has 154 valence electrons. The van der Waals surface area contributed by atoms with Crippen molar-refractivity contribution in [3.05, 3.63) is 77.6 Å². The topological polar surface area (TPSA) is 126 Å². The standard InChI is InChI=1S/C22H24N6O2/c1-15(28-26-10-11-29)20-21(23)24-14-19(27-20)17-8-5-9-18(12-17)22(30)25-13-16-6-3-2-4-7-16/h2-9,12,14,26,29H,10-11,13H2,1H3,(H2,23,24)(H,25,30)/b28-15+. The van der Waals surface area contributed by atoms with Gasteiger partial charge in [0.1, 0.15) is 5.69 Å². The average Bonchev–Trinajstić information content (AvgIpc) is 2.78. The van der Waals surface area contributed by atoms with Gasteiger partial charge >= 0.3 is 0 Å². The average molecular weight is 404 g/mol. The lowest BCUT2D eigenvalue weighted by atomic mass is 10.1. The van der Waals surface area contributed by atoms with Crippen molar-refractivity contribution in [2.24, 2.45) is 5.10 Å². The summed E-state index contributed by atoms with van der Waals surface area (Å²) in [5, 5.41) is 15.9. The van der Waals surface area contributed by atoms with E-state index in [4.69, 9.17) is 10.8 Å². The zero-order chi connectivity index (χ0) is 21.3. The fourth-order valence-corrected chi connectivity index (χ4v) is 2.78. The van der Waals surface area contributed by atoms with Gasteiger partial charge in [0, 0.05) is 17.7 Å². The molecule has 1 amide bonds. The molecule has 1 aromatic heterocycles. The number of nitrogens with two attached hydrogens (primary N) is 1. The molecule has 8 heteroatoms. The normalized spacial score (nSPS) is 11.2. The first kappa shape index (κ1) is 20.9. The van der Waals surface area contributed by atoms with Crippen molar-refractivity contribution in [3.8, 4) is 11.3 Å². The lowest BCUT2D eigenvalue weighted by Crippen LogP contribution is -2.22. The van der Waals surface area contributed by atoms with E-state index in [0.29, 0.717) is 35.8 Å². The minimum Gasteiger partial charge on any atom is -0.394 e. The van der Waals surface area contributed by atoms with Gasteiger partial charge in [-0.25, -0.2) is 9.97 Å². The number of nitrogens with zero attached hydrogens (tertiary/aromatic N) is 3. The van der Waals surface area contributed by atoms with E-state index in [1.54, 1.807) is 31.3 Å². The first-order chi connectivity index (χ1) is 14.6. The quantitative estimate of drug-likeness (QED) is 0.258. The van der Waals surface area contributed by atoms with E-state index in [1.807, 2.05) is 36.4 Å². The SMILES string of the molecule is C/C(=N\NCCO)c1nc(-c2cccc(C(=O)NCc3ccccc3)c2)cnc1N. The number of nitrogens with one attached hydrogen (secondary N) is 2. The highest BCUT2D eigenvalue weighted by molar-refractivity contribution is 6.01. The molecule has 30 heavy (non-hydrogen) atoms. The van der Waals surface area contributed by atoms with Gasteiger partial charge in [-0.2, -0.15) is 5.10 Å². The van der Waals surface area contributed by atoms with Crippen molar-refractivity contribution < 1.29 is 9.90 Å². The molecule has 0 atom stereocenters. The molecular weight excluding hydrogens is 380 g/mol. The number of hydrazone groups is 1. The Hall–Kier alpha value is -3.78. The van der Waals surface area contributed by atoms with Crippen LogP contribution in [0.25, 0.3) is 11.3 Å². The molecule has 0 radical (unpaired) electrons. The molecule has 0 saturated heterocycles. The predicted octanol–water partition coefficient (Wildman–Crippen LogP) is 1.96. The van der Waals surface area contributed by atoms with Crippen molar-refractivity contribution in [3.63, 3.8) is 0 Å². The summed E-state index contributed by atoms with van der Waals surface area (Å²) in [4.78, 5) is 21.3. The zero-order valence-corrected chi connectivity index (χ0v) is 16.7. The van der Waals surface area contributed by atoms with Crippen LogP contribution in [0, 0.1) is 0 Å². The molecule has 0 aliphatic carbocycles. The van der Waals surface area contributed by atoms with Gasteiger partial charge in [0.05, 0.1) is 30.8 Å². The predicted molar refractivity (Wildman–Crippen MR) is 117 cm³/mol. The summed E-state index contributed by atoms with van der Waals surface area (Å²) in [5.41, 5.74) is 12.5. The Labute approximate surface area is 174 Å². The highest BCUT2D eigenvalue weighted by Crippen LogP contribution is 2.20. The van der Waals surface area contributed by atoms with Crippen LogP contribution in [0.3, 0.4) is 0 Å². The molecule has 0 spiro atoms. The second kappa shape index (κ2) is 10.1. The first-order valence-corrected chi connectivity index (χ1v) is 9.52. The monoisotopic (exact) mass is 404 g/mol. The number of anilines is 1. The molecular formula is C22H24N6O2. The van der Waals surface area contributed by atoms with Crippen molar-refractivity contribution in [1.29, 1.82) is 0 Å². The molecule has 5 N–H and O–H groups in total. The summed E-state index contributed by atoms with van der Waals surface area (Å²) in [6, 6.07) is 16.9. The van der Waals surface area contributed by atoms with E-state index in [9.17, 15) is 4.79 Å². The lowest BCUT2D eigenvalue weighted by Gasteiger charge is -2.09. The number of aromatic nitrogens is 2. The zero-order valence-electron chi connectivity index (χ0n) is 16.7. The van der Waals surface area contributed by atoms with Gasteiger partial charge in [-0.05, 0) is 24.6 Å². The second-order valence-corrected chi connectivity index (χ2v) is 6.57. The third kappa shape index (κ3) is 5.39. The Balaban J connectivity index is 1.79.